The molecule has 4 aromatic carbocycles. The molecule has 36 heavy (non-hydrogen) atoms. The predicted molar refractivity (Wildman–Crippen MR) is 145 cm³/mol. The van der Waals surface area contributed by atoms with Crippen LogP contribution in [0.25, 0.3) is 22.0 Å². The number of hydrogen-bond donors (Lipinski definition) is 1. The van der Waals surface area contributed by atoms with Gasteiger partial charge in [0.05, 0.1) is 10.4 Å². The monoisotopic (exact) mass is 580 g/mol. The molecular formula is C27H21BrN2O4S2. The number of fused-ring (bicyclic) bond motifs is 1. The van der Waals surface area contributed by atoms with Gasteiger partial charge in [0.25, 0.3) is 20.0 Å². The van der Waals surface area contributed by atoms with Crippen LogP contribution in [0.15, 0.2) is 124 Å². The lowest BCUT2D eigenvalue weighted by atomic mass is 10.0. The number of benzene rings is 4. The van der Waals surface area contributed by atoms with Gasteiger partial charge in [0.15, 0.2) is 5.03 Å². The van der Waals surface area contributed by atoms with Crippen LogP contribution in [-0.2, 0) is 26.6 Å². The summed E-state index contributed by atoms with van der Waals surface area (Å²) >= 11 is 3.37. The molecular weight excluding hydrogens is 560 g/mol. The molecule has 0 aliphatic rings. The van der Waals surface area contributed by atoms with Crippen molar-refractivity contribution in [1.29, 1.82) is 0 Å². The van der Waals surface area contributed by atoms with Gasteiger partial charge in [-0.2, -0.15) is 0 Å². The van der Waals surface area contributed by atoms with Crippen LogP contribution in [0, 0.1) is 0 Å². The van der Waals surface area contributed by atoms with Gasteiger partial charge in [-0.3, -0.25) is 0 Å². The Bertz CT molecular complexity index is 1750. The summed E-state index contributed by atoms with van der Waals surface area (Å²) in [4.78, 5) is -0.00151. The number of nitrogens with zero attached hydrogens (tertiary/aromatic N) is 1. The highest BCUT2D eigenvalue weighted by Crippen LogP contribution is 2.30. The number of aromatic nitrogens is 1. The largest absolute Gasteiger partial charge is 0.269 e. The minimum Gasteiger partial charge on any atom is -0.221 e. The van der Waals surface area contributed by atoms with Gasteiger partial charge in [0.1, 0.15) is 0 Å². The van der Waals surface area contributed by atoms with Crippen LogP contribution in [0.2, 0.25) is 0 Å². The van der Waals surface area contributed by atoms with Crippen LogP contribution in [0.1, 0.15) is 5.56 Å². The molecule has 5 aromatic rings. The Balaban J connectivity index is 1.51. The molecule has 1 heterocycles. The number of nitrogens with one attached hydrogen (secondary N) is 1. The summed E-state index contributed by atoms with van der Waals surface area (Å²) in [6, 6.07) is 31.5. The van der Waals surface area contributed by atoms with Gasteiger partial charge in [-0.15, -0.1) is 0 Å². The first-order valence-electron chi connectivity index (χ1n) is 11.0. The van der Waals surface area contributed by atoms with E-state index < -0.39 is 20.0 Å². The fourth-order valence-corrected chi connectivity index (χ4v) is 7.46. The third-order valence-corrected chi connectivity index (χ3v) is 9.50. The van der Waals surface area contributed by atoms with Crippen LogP contribution >= 0.6 is 15.9 Å². The zero-order valence-electron chi connectivity index (χ0n) is 18.9. The van der Waals surface area contributed by atoms with Crippen molar-refractivity contribution >= 4 is 46.9 Å². The van der Waals surface area contributed by atoms with E-state index in [0.29, 0.717) is 9.86 Å². The lowest BCUT2D eigenvalue weighted by molar-refractivity contribution is 0.565. The molecule has 6 nitrogen and oxygen atoms in total. The molecule has 1 aromatic heterocycles. The molecule has 182 valence electrons. The van der Waals surface area contributed by atoms with Gasteiger partial charge < -0.3 is 0 Å². The molecule has 0 amide bonds. The Morgan fingerprint density at radius 2 is 1.31 bits per heavy atom. The molecule has 0 aliphatic heterocycles. The topological polar surface area (TPSA) is 85.2 Å². The first-order valence-corrected chi connectivity index (χ1v) is 14.7. The second-order valence-electron chi connectivity index (χ2n) is 8.16. The molecule has 0 bridgehead atoms. The molecule has 0 saturated heterocycles. The van der Waals surface area contributed by atoms with Crippen LogP contribution in [-0.4, -0.2) is 20.8 Å². The van der Waals surface area contributed by atoms with Crippen molar-refractivity contribution in [1.82, 2.24) is 8.69 Å². The normalized spacial score (nSPS) is 12.1. The lowest BCUT2D eigenvalue weighted by Crippen LogP contribution is -2.27. The molecule has 1 N–H and O–H groups in total. The molecule has 0 radical (unpaired) electrons. The van der Waals surface area contributed by atoms with Gasteiger partial charge in [0, 0.05) is 16.4 Å². The summed E-state index contributed by atoms with van der Waals surface area (Å²) in [5.41, 5.74) is 3.09. The van der Waals surface area contributed by atoms with Crippen molar-refractivity contribution in [2.24, 2.45) is 0 Å². The third kappa shape index (κ3) is 4.75. The number of halogens is 1. The maximum atomic E-state index is 13.6. The fourth-order valence-electron chi connectivity index (χ4n) is 3.97. The van der Waals surface area contributed by atoms with E-state index >= 15 is 0 Å². The fraction of sp³-hybridized carbons (Fsp3) is 0.0370. The van der Waals surface area contributed by atoms with E-state index in [1.807, 2.05) is 54.6 Å². The summed E-state index contributed by atoms with van der Waals surface area (Å²) in [5, 5.41) is 0.136. The number of sulfonamides is 1. The Morgan fingerprint density at radius 1 is 0.694 bits per heavy atom. The predicted octanol–water partition coefficient (Wildman–Crippen LogP) is 5.79. The van der Waals surface area contributed by atoms with Crippen molar-refractivity contribution in [2.75, 3.05) is 0 Å². The molecule has 0 saturated carbocycles. The first kappa shape index (κ1) is 24.5. The Hall–Kier alpha value is -3.24. The van der Waals surface area contributed by atoms with E-state index in [9.17, 15) is 16.8 Å². The zero-order chi connectivity index (χ0) is 25.3. The molecule has 0 fully saturated rings. The van der Waals surface area contributed by atoms with E-state index in [2.05, 4.69) is 20.7 Å². The van der Waals surface area contributed by atoms with E-state index in [1.165, 1.54) is 18.2 Å². The van der Waals surface area contributed by atoms with Crippen LogP contribution in [0.4, 0.5) is 0 Å². The zero-order valence-corrected chi connectivity index (χ0v) is 22.1. The van der Waals surface area contributed by atoms with Crippen molar-refractivity contribution in [3.05, 3.63) is 119 Å². The van der Waals surface area contributed by atoms with Crippen LogP contribution in [0.3, 0.4) is 0 Å². The molecule has 5 rings (SSSR count). The van der Waals surface area contributed by atoms with Crippen molar-refractivity contribution < 1.29 is 16.8 Å². The minimum atomic E-state index is -4.20. The SMILES string of the molecule is O=S(=O)(NCc1ccc(-c2ccccc2)cc1)c1cc2cc(Br)ccc2n1S(=O)(=O)c1ccccc1. The highest BCUT2D eigenvalue weighted by molar-refractivity contribution is 9.10. The summed E-state index contributed by atoms with van der Waals surface area (Å²) in [5.74, 6) is 0. The second-order valence-corrected chi connectivity index (χ2v) is 12.6. The van der Waals surface area contributed by atoms with E-state index in [0.717, 1.165) is 20.7 Å². The van der Waals surface area contributed by atoms with Crippen molar-refractivity contribution in [3.63, 3.8) is 0 Å². The van der Waals surface area contributed by atoms with E-state index in [1.54, 1.807) is 36.4 Å². The Morgan fingerprint density at radius 3 is 1.97 bits per heavy atom. The molecule has 0 unspecified atom stereocenters. The summed E-state index contributed by atoms with van der Waals surface area (Å²) in [6.45, 7) is 0.00794. The van der Waals surface area contributed by atoms with Gasteiger partial charge in [-0.25, -0.2) is 25.5 Å². The lowest BCUT2D eigenvalue weighted by Gasteiger charge is -2.13. The first-order chi connectivity index (χ1) is 17.3. The smallest absolute Gasteiger partial charge is 0.221 e. The van der Waals surface area contributed by atoms with Crippen molar-refractivity contribution in [2.45, 2.75) is 16.5 Å². The van der Waals surface area contributed by atoms with Crippen LogP contribution < -0.4 is 4.72 Å². The molecule has 9 heteroatoms. The maximum absolute atomic E-state index is 13.6. The highest BCUT2D eigenvalue weighted by atomic mass is 79.9. The number of rotatable bonds is 7. The van der Waals surface area contributed by atoms with Gasteiger partial charge >= 0.3 is 0 Å². The van der Waals surface area contributed by atoms with Gasteiger partial charge in [0.2, 0.25) is 0 Å². The van der Waals surface area contributed by atoms with Gasteiger partial charge in [-0.1, -0.05) is 88.7 Å². The average molecular weight is 582 g/mol. The Kier molecular flexibility index (Phi) is 6.57. The maximum Gasteiger partial charge on any atom is 0.269 e. The summed E-state index contributed by atoms with van der Waals surface area (Å²) in [7, 11) is -8.38. The number of hydrogen-bond acceptors (Lipinski definition) is 4. The van der Waals surface area contributed by atoms with Crippen molar-refractivity contribution in [3.8, 4) is 11.1 Å². The second kappa shape index (κ2) is 9.67. The molecule has 0 spiro atoms. The highest BCUT2D eigenvalue weighted by Gasteiger charge is 2.29. The molecule has 0 aliphatic carbocycles. The van der Waals surface area contributed by atoms with E-state index in [4.69, 9.17) is 0 Å². The minimum absolute atomic E-state index is 0.00151. The average Bonchev–Trinajstić information content (AvgIpc) is 3.29. The summed E-state index contributed by atoms with van der Waals surface area (Å²) < 4.78 is 58.2. The Labute approximate surface area is 218 Å². The van der Waals surface area contributed by atoms with E-state index in [-0.39, 0.29) is 22.0 Å². The van der Waals surface area contributed by atoms with Crippen LogP contribution in [0.5, 0.6) is 0 Å². The van der Waals surface area contributed by atoms with Gasteiger partial charge in [-0.05, 0) is 53.1 Å². The third-order valence-electron chi connectivity index (χ3n) is 5.77. The standard InChI is InChI=1S/C27H21BrN2O4S2/c28-24-15-16-26-23(17-24)18-27(30(26)36(33,34)25-9-5-2-6-10-25)35(31,32)29-19-20-11-13-22(14-12-20)21-7-3-1-4-8-21/h1-18,29H,19H2. The quantitative estimate of drug-likeness (QED) is 0.264. The summed E-state index contributed by atoms with van der Waals surface area (Å²) in [6.07, 6.45) is 0. The molecule has 0 atom stereocenters.